The van der Waals surface area contributed by atoms with Crippen molar-refractivity contribution in [3.8, 4) is 0 Å². The molecule has 0 fully saturated rings. The van der Waals surface area contributed by atoms with Crippen molar-refractivity contribution in [1.82, 2.24) is 9.55 Å². The minimum atomic E-state index is -3.85. The normalized spacial score (nSPS) is 16.7. The highest BCUT2D eigenvalue weighted by Gasteiger charge is 2.28. The van der Waals surface area contributed by atoms with E-state index in [2.05, 4.69) is 20.9 Å². The summed E-state index contributed by atoms with van der Waals surface area (Å²) < 4.78 is 32.3. The van der Waals surface area contributed by atoms with Gasteiger partial charge < -0.3 is 0 Å². The van der Waals surface area contributed by atoms with E-state index in [1.54, 1.807) is 41.0 Å². The molecule has 0 amide bonds. The lowest BCUT2D eigenvalue weighted by Gasteiger charge is -2.15. The van der Waals surface area contributed by atoms with Crippen molar-refractivity contribution in [3.63, 3.8) is 0 Å². The lowest BCUT2D eigenvalue weighted by atomic mass is 10.2. The molecular formula is C18H15BrN2O4S. The molecule has 0 spiro atoms. The highest BCUT2D eigenvalue weighted by Crippen LogP contribution is 2.26. The van der Waals surface area contributed by atoms with E-state index in [-0.39, 0.29) is 23.1 Å². The van der Waals surface area contributed by atoms with Gasteiger partial charge in [0.25, 0.3) is 15.7 Å². The number of hydrogen-bond acceptors (Lipinski definition) is 5. The van der Waals surface area contributed by atoms with E-state index in [9.17, 15) is 13.2 Å². The highest BCUT2D eigenvalue weighted by atomic mass is 79.9. The van der Waals surface area contributed by atoms with Crippen LogP contribution in [0.15, 0.2) is 62.7 Å². The van der Waals surface area contributed by atoms with Crippen LogP contribution in [0.2, 0.25) is 0 Å². The van der Waals surface area contributed by atoms with Gasteiger partial charge in [-0.05, 0) is 36.8 Å². The van der Waals surface area contributed by atoms with Gasteiger partial charge in [-0.15, -0.1) is 0 Å². The standard InChI is InChI=1S/C18H15BrN2O4S/c19-12-6-8-15-16(10-12)20-17-9-7-13(21(17)18(15)22)11-25-26(23,24)14-4-2-1-3-5-14/h1-6,8,10,13H,7,9,11H2. The number of aromatic nitrogens is 2. The van der Waals surface area contributed by atoms with Crippen molar-refractivity contribution in [2.45, 2.75) is 23.8 Å². The molecule has 1 aromatic heterocycles. The van der Waals surface area contributed by atoms with E-state index >= 15 is 0 Å². The van der Waals surface area contributed by atoms with E-state index in [1.807, 2.05) is 0 Å². The minimum absolute atomic E-state index is 0.0894. The molecule has 3 aromatic rings. The fourth-order valence-corrected chi connectivity index (χ4v) is 4.49. The van der Waals surface area contributed by atoms with Crippen molar-refractivity contribution >= 4 is 37.0 Å². The summed E-state index contributed by atoms with van der Waals surface area (Å²) in [5, 5.41) is 0.509. The predicted octanol–water partition coefficient (Wildman–Crippen LogP) is 3.05. The molecular weight excluding hydrogens is 420 g/mol. The number of benzene rings is 2. The Bertz CT molecular complexity index is 1140. The second-order valence-electron chi connectivity index (χ2n) is 6.11. The summed E-state index contributed by atoms with van der Waals surface area (Å²) in [6.07, 6.45) is 1.22. The number of halogens is 1. The second kappa shape index (κ2) is 6.61. The summed E-state index contributed by atoms with van der Waals surface area (Å²) >= 11 is 3.38. The summed E-state index contributed by atoms with van der Waals surface area (Å²) in [5.41, 5.74) is 0.467. The number of nitrogens with zero attached hydrogens (tertiary/aromatic N) is 2. The minimum Gasteiger partial charge on any atom is -0.291 e. The molecule has 0 saturated carbocycles. The van der Waals surface area contributed by atoms with Gasteiger partial charge in [-0.2, -0.15) is 8.42 Å². The average molecular weight is 435 g/mol. The molecule has 1 unspecified atom stereocenters. The van der Waals surface area contributed by atoms with Gasteiger partial charge in [-0.1, -0.05) is 34.1 Å². The summed E-state index contributed by atoms with van der Waals surface area (Å²) in [4.78, 5) is 17.5. The molecule has 1 aliphatic rings. The summed E-state index contributed by atoms with van der Waals surface area (Å²) in [5.74, 6) is 0.659. The fraction of sp³-hybridized carbons (Fsp3) is 0.222. The van der Waals surface area contributed by atoms with Crippen LogP contribution in [-0.4, -0.2) is 24.6 Å². The monoisotopic (exact) mass is 434 g/mol. The molecule has 0 aliphatic carbocycles. The van der Waals surface area contributed by atoms with Crippen LogP contribution in [0.1, 0.15) is 18.3 Å². The maximum absolute atomic E-state index is 12.8. The maximum atomic E-state index is 12.8. The Balaban J connectivity index is 1.64. The molecule has 0 bridgehead atoms. The van der Waals surface area contributed by atoms with Crippen molar-refractivity contribution < 1.29 is 12.6 Å². The number of hydrogen-bond donors (Lipinski definition) is 0. The van der Waals surface area contributed by atoms with E-state index in [1.165, 1.54) is 12.1 Å². The first-order chi connectivity index (χ1) is 12.5. The quantitative estimate of drug-likeness (QED) is 0.589. The van der Waals surface area contributed by atoms with Gasteiger partial charge in [0.05, 0.1) is 28.4 Å². The number of rotatable bonds is 4. The third-order valence-electron chi connectivity index (χ3n) is 4.45. The first-order valence-electron chi connectivity index (χ1n) is 8.11. The van der Waals surface area contributed by atoms with Gasteiger partial charge in [-0.3, -0.25) is 13.5 Å². The van der Waals surface area contributed by atoms with E-state index < -0.39 is 10.1 Å². The van der Waals surface area contributed by atoms with Crippen LogP contribution in [0.5, 0.6) is 0 Å². The molecule has 134 valence electrons. The van der Waals surface area contributed by atoms with Crippen LogP contribution >= 0.6 is 15.9 Å². The van der Waals surface area contributed by atoms with Crippen molar-refractivity contribution in [2.75, 3.05) is 6.61 Å². The molecule has 6 nitrogen and oxygen atoms in total. The van der Waals surface area contributed by atoms with Crippen LogP contribution in [0.25, 0.3) is 10.9 Å². The van der Waals surface area contributed by atoms with Crippen molar-refractivity contribution in [3.05, 3.63) is 69.2 Å². The molecule has 0 radical (unpaired) electrons. The molecule has 26 heavy (non-hydrogen) atoms. The Hall–Kier alpha value is -2.03. The zero-order chi connectivity index (χ0) is 18.3. The van der Waals surface area contributed by atoms with Crippen LogP contribution in [0, 0.1) is 0 Å². The average Bonchev–Trinajstić information content (AvgIpc) is 3.04. The highest BCUT2D eigenvalue weighted by molar-refractivity contribution is 9.10. The van der Waals surface area contributed by atoms with E-state index in [4.69, 9.17) is 4.18 Å². The maximum Gasteiger partial charge on any atom is 0.297 e. The largest absolute Gasteiger partial charge is 0.297 e. The molecule has 1 atom stereocenters. The summed E-state index contributed by atoms with van der Waals surface area (Å²) in [7, 11) is -3.85. The number of aryl methyl sites for hydroxylation is 1. The van der Waals surface area contributed by atoms with Gasteiger partial charge in [-0.25, -0.2) is 4.98 Å². The molecule has 4 rings (SSSR count). The zero-order valence-electron chi connectivity index (χ0n) is 13.6. The lowest BCUT2D eigenvalue weighted by molar-refractivity contribution is 0.257. The molecule has 2 aromatic carbocycles. The summed E-state index contributed by atoms with van der Waals surface area (Å²) in [6, 6.07) is 12.9. The molecule has 8 heteroatoms. The first-order valence-corrected chi connectivity index (χ1v) is 10.3. The Morgan fingerprint density at radius 3 is 2.73 bits per heavy atom. The Kier molecular flexibility index (Phi) is 4.42. The molecule has 0 N–H and O–H groups in total. The molecule has 1 aliphatic heterocycles. The summed E-state index contributed by atoms with van der Waals surface area (Å²) in [6.45, 7) is -0.0894. The van der Waals surface area contributed by atoms with E-state index in [0.717, 1.165) is 4.47 Å². The molecule has 0 saturated heterocycles. The van der Waals surface area contributed by atoms with E-state index in [0.29, 0.717) is 29.6 Å². The Morgan fingerprint density at radius 2 is 1.96 bits per heavy atom. The Morgan fingerprint density at radius 1 is 1.19 bits per heavy atom. The van der Waals surface area contributed by atoms with Crippen molar-refractivity contribution in [2.24, 2.45) is 0 Å². The van der Waals surface area contributed by atoms with Crippen molar-refractivity contribution in [1.29, 1.82) is 0 Å². The third kappa shape index (κ3) is 3.08. The predicted molar refractivity (Wildman–Crippen MR) is 101 cm³/mol. The second-order valence-corrected chi connectivity index (χ2v) is 8.64. The lowest BCUT2D eigenvalue weighted by Crippen LogP contribution is -2.27. The van der Waals surface area contributed by atoms with Gasteiger partial charge >= 0.3 is 0 Å². The zero-order valence-corrected chi connectivity index (χ0v) is 16.0. The SMILES string of the molecule is O=c1c2ccc(Br)cc2nc2n1C(COS(=O)(=O)c1ccccc1)CC2. The smallest absolute Gasteiger partial charge is 0.291 e. The van der Waals surface area contributed by atoms with Crippen LogP contribution < -0.4 is 5.56 Å². The third-order valence-corrected chi connectivity index (χ3v) is 6.24. The van der Waals surface area contributed by atoms with Gasteiger partial charge in [0.1, 0.15) is 5.82 Å². The number of fused-ring (bicyclic) bond motifs is 2. The van der Waals surface area contributed by atoms with Gasteiger partial charge in [0, 0.05) is 10.9 Å². The van der Waals surface area contributed by atoms with Gasteiger partial charge in [0.15, 0.2) is 0 Å². The fourth-order valence-electron chi connectivity index (χ4n) is 3.18. The van der Waals surface area contributed by atoms with Crippen LogP contribution in [0.4, 0.5) is 0 Å². The topological polar surface area (TPSA) is 78.3 Å². The van der Waals surface area contributed by atoms with Crippen LogP contribution in [-0.2, 0) is 20.7 Å². The van der Waals surface area contributed by atoms with Gasteiger partial charge in [0.2, 0.25) is 0 Å². The Labute approximate surface area is 158 Å². The van der Waals surface area contributed by atoms with Crippen LogP contribution in [0.3, 0.4) is 0 Å². The first kappa shape index (κ1) is 17.4. The molecule has 2 heterocycles.